The van der Waals surface area contributed by atoms with Crippen molar-refractivity contribution < 1.29 is 54.8 Å². The predicted octanol–water partition coefficient (Wildman–Crippen LogP) is 6.11. The molecule has 0 N–H and O–H groups in total. The van der Waals surface area contributed by atoms with Gasteiger partial charge in [0.05, 0.1) is 38.9 Å². The van der Waals surface area contributed by atoms with Crippen molar-refractivity contribution in [1.82, 2.24) is 59.3 Å². The summed E-state index contributed by atoms with van der Waals surface area (Å²) in [4.78, 5) is 44.9. The number of sulfone groups is 2. The zero-order chi connectivity index (χ0) is 55.0. The smallest absolute Gasteiger partial charge is 0.410 e. The molecule has 4 aromatic heterocycles. The summed E-state index contributed by atoms with van der Waals surface area (Å²) >= 11 is 0. The van der Waals surface area contributed by atoms with Crippen LogP contribution in [0.2, 0.25) is 0 Å². The van der Waals surface area contributed by atoms with E-state index in [1.54, 1.807) is 50.7 Å². The summed E-state index contributed by atoms with van der Waals surface area (Å²) in [6.45, 7) is 11.6. The number of benzene rings is 2. The third-order valence-electron chi connectivity index (χ3n) is 12.0. The first-order chi connectivity index (χ1) is 36.1. The highest BCUT2D eigenvalue weighted by Gasteiger charge is 2.39. The van der Waals surface area contributed by atoms with Gasteiger partial charge in [0.1, 0.15) is 35.4 Å². The number of ether oxygens (including phenoxy) is 6. The molecule has 6 aromatic rings. The summed E-state index contributed by atoms with van der Waals surface area (Å²) in [6, 6.07) is 18.4. The third-order valence-corrected chi connectivity index (χ3v) is 16.1. The van der Waals surface area contributed by atoms with E-state index in [0.29, 0.717) is 61.5 Å². The van der Waals surface area contributed by atoms with Crippen LogP contribution in [0.3, 0.4) is 0 Å². The number of amides is 2. The van der Waals surface area contributed by atoms with Crippen LogP contribution in [-0.2, 0) is 40.7 Å². The second kappa shape index (κ2) is 23.6. The quantitative estimate of drug-likeness (QED) is 0.119. The van der Waals surface area contributed by atoms with Crippen molar-refractivity contribution in [3.8, 4) is 57.7 Å². The number of carbonyl (C=O) groups is 2. The maximum Gasteiger partial charge on any atom is 0.410 e. The summed E-state index contributed by atoms with van der Waals surface area (Å²) in [5.41, 5.74) is 0.610. The highest BCUT2D eigenvalue weighted by molar-refractivity contribution is 7.91. The molecule has 2 aromatic carbocycles. The maximum atomic E-state index is 13.7. The van der Waals surface area contributed by atoms with Crippen LogP contribution in [0.5, 0.6) is 23.5 Å². The van der Waals surface area contributed by atoms with Crippen LogP contribution < -0.4 is 18.9 Å². The Balaban J connectivity index is 0.000000221. The fraction of sp³-hybridized carbons (Fsp3) is 0.480. The number of rotatable bonds is 14. The lowest BCUT2D eigenvalue weighted by atomic mass is 10.1. The molecule has 2 aliphatic rings. The van der Waals surface area contributed by atoms with Crippen molar-refractivity contribution in [2.45, 2.75) is 100 Å². The van der Waals surface area contributed by atoms with Gasteiger partial charge in [-0.3, -0.25) is 9.13 Å². The van der Waals surface area contributed by atoms with Crippen LogP contribution in [0.15, 0.2) is 73.3 Å². The first kappa shape index (κ1) is 56.3. The van der Waals surface area contributed by atoms with Crippen molar-refractivity contribution in [1.29, 1.82) is 0 Å². The minimum atomic E-state index is -3.78. The Labute approximate surface area is 442 Å². The number of nitrogens with zero attached hydrogens (tertiary/aromatic N) is 12. The van der Waals surface area contributed by atoms with Gasteiger partial charge in [-0.2, -0.15) is 19.9 Å². The van der Waals surface area contributed by atoms with Gasteiger partial charge >= 0.3 is 12.2 Å². The van der Waals surface area contributed by atoms with E-state index in [1.165, 1.54) is 50.9 Å². The van der Waals surface area contributed by atoms with Crippen molar-refractivity contribution in [2.75, 3.05) is 54.6 Å². The van der Waals surface area contributed by atoms with Crippen molar-refractivity contribution in [3.05, 3.63) is 85.0 Å². The third kappa shape index (κ3) is 13.3. The van der Waals surface area contributed by atoms with E-state index in [-0.39, 0.29) is 59.6 Å². The monoisotopic (exact) mass is 1090 g/mol. The second-order valence-electron chi connectivity index (χ2n) is 19.8. The molecule has 1 unspecified atom stereocenters. The van der Waals surface area contributed by atoms with Gasteiger partial charge in [0.2, 0.25) is 23.5 Å². The molecule has 2 saturated heterocycles. The van der Waals surface area contributed by atoms with Crippen molar-refractivity contribution in [2.24, 2.45) is 0 Å². The predicted molar refractivity (Wildman–Crippen MR) is 278 cm³/mol. The van der Waals surface area contributed by atoms with Crippen molar-refractivity contribution in [3.63, 3.8) is 0 Å². The van der Waals surface area contributed by atoms with Crippen LogP contribution in [0.1, 0.15) is 78.9 Å². The Morgan fingerprint density at radius 3 is 1.16 bits per heavy atom. The molecule has 24 nitrogen and oxygen atoms in total. The summed E-state index contributed by atoms with van der Waals surface area (Å²) in [6.07, 6.45) is 3.45. The zero-order valence-corrected chi connectivity index (χ0v) is 45.9. The molecule has 0 aliphatic carbocycles. The zero-order valence-electron chi connectivity index (χ0n) is 44.2. The highest BCUT2D eigenvalue weighted by atomic mass is 32.2. The van der Waals surface area contributed by atoms with Crippen LogP contribution >= 0.6 is 0 Å². The Morgan fingerprint density at radius 1 is 0.526 bits per heavy atom. The number of hydrogen-bond acceptors (Lipinski definition) is 20. The molecule has 6 heterocycles. The minimum Gasteiger partial charge on any atom is -0.479 e. The topological polar surface area (TPSA) is 277 Å². The Morgan fingerprint density at radius 2 is 0.855 bits per heavy atom. The van der Waals surface area contributed by atoms with Crippen LogP contribution in [0.4, 0.5) is 9.59 Å². The Bertz CT molecular complexity index is 2940. The Kier molecular flexibility index (Phi) is 17.5. The van der Waals surface area contributed by atoms with Gasteiger partial charge in [-0.1, -0.05) is 60.7 Å². The molecule has 2 fully saturated rings. The van der Waals surface area contributed by atoms with Gasteiger partial charge in [0, 0.05) is 37.3 Å². The molecule has 0 spiro atoms. The standard InChI is InChI=1S/2C25H32N6O6S/c2*1-25(2,3)37-24(32)30-13-9-12-18(14-30)38(33,34)15-19-28-29-21(17-10-7-6-8-11-17)31(19)20-22(35-4)26-16-27-23(20)36-5/h2*6-8,10-11,16,18H,9,12-15H2,1-5H3/t18-;/m1./s1. The minimum absolute atomic E-state index is 0.0397. The van der Waals surface area contributed by atoms with Crippen molar-refractivity contribution >= 4 is 31.9 Å². The molecule has 2 atom stereocenters. The van der Waals surface area contributed by atoms with Gasteiger partial charge in [-0.25, -0.2) is 26.4 Å². The van der Waals surface area contributed by atoms with E-state index in [0.717, 1.165) is 0 Å². The van der Waals surface area contributed by atoms with Crippen LogP contribution in [-0.4, -0.2) is 165 Å². The van der Waals surface area contributed by atoms with E-state index in [9.17, 15) is 26.4 Å². The number of carbonyl (C=O) groups excluding carboxylic acids is 2. The lowest BCUT2D eigenvalue weighted by Gasteiger charge is -2.33. The SMILES string of the molecule is COc1ncnc(OC)c1-n1c(CS(=O)(=O)C2CCCN(C(=O)OC(C)(C)C)C2)nnc1-c1ccccc1.COc1ncnc(OC)c1-n1c(CS(=O)(=O)[C@@H]2CCCN(C(=O)OC(C)(C)C)C2)nnc1-c1ccccc1. The summed E-state index contributed by atoms with van der Waals surface area (Å²) < 4.78 is 90.7. The molecular formula is C50H64N12O12S2. The fourth-order valence-corrected chi connectivity index (χ4v) is 12.0. The molecule has 76 heavy (non-hydrogen) atoms. The molecule has 0 saturated carbocycles. The molecule has 408 valence electrons. The van der Waals surface area contributed by atoms with E-state index in [1.807, 2.05) is 60.7 Å². The normalized spacial score (nSPS) is 16.2. The number of likely N-dealkylation sites (tertiary alicyclic amines) is 2. The van der Waals surface area contributed by atoms with E-state index >= 15 is 0 Å². The lowest BCUT2D eigenvalue weighted by molar-refractivity contribution is 0.0208. The summed E-state index contributed by atoms with van der Waals surface area (Å²) in [5, 5.41) is 15.6. The average Bonchev–Trinajstić information content (AvgIpc) is 4.02. The Hall–Kier alpha value is -7.48. The van der Waals surface area contributed by atoms with E-state index in [2.05, 4.69) is 40.3 Å². The van der Waals surface area contributed by atoms with E-state index in [4.69, 9.17) is 28.4 Å². The van der Waals surface area contributed by atoms with Gasteiger partial charge < -0.3 is 38.2 Å². The fourth-order valence-electron chi connectivity index (χ4n) is 8.56. The molecular weight excluding hydrogens is 1020 g/mol. The molecule has 8 rings (SSSR count). The largest absolute Gasteiger partial charge is 0.479 e. The first-order valence-corrected chi connectivity index (χ1v) is 27.8. The van der Waals surface area contributed by atoms with Gasteiger partial charge in [-0.05, 0) is 67.2 Å². The number of hydrogen-bond donors (Lipinski definition) is 0. The number of aromatic nitrogens is 10. The molecule has 0 radical (unpaired) electrons. The van der Waals surface area contributed by atoms with Crippen LogP contribution in [0.25, 0.3) is 34.2 Å². The first-order valence-electron chi connectivity index (χ1n) is 24.3. The maximum absolute atomic E-state index is 13.7. The van der Waals surface area contributed by atoms with Gasteiger partial charge in [0.25, 0.3) is 0 Å². The highest BCUT2D eigenvalue weighted by Crippen LogP contribution is 2.36. The number of methoxy groups -OCH3 is 4. The van der Waals surface area contributed by atoms with E-state index < -0.39 is 65.1 Å². The number of piperidine rings is 2. The second-order valence-corrected chi connectivity index (χ2v) is 24.3. The van der Waals surface area contributed by atoms with Gasteiger partial charge in [-0.15, -0.1) is 20.4 Å². The molecule has 26 heteroatoms. The molecule has 0 bridgehead atoms. The van der Waals surface area contributed by atoms with Crippen LogP contribution in [0, 0.1) is 0 Å². The average molecular weight is 1090 g/mol. The summed E-state index contributed by atoms with van der Waals surface area (Å²) in [7, 11) is -1.78. The molecule has 2 aliphatic heterocycles. The molecule has 2 amide bonds. The summed E-state index contributed by atoms with van der Waals surface area (Å²) in [5.74, 6) is 0.851. The van der Waals surface area contributed by atoms with Gasteiger partial charge in [0.15, 0.2) is 54.3 Å². The lowest BCUT2D eigenvalue weighted by Crippen LogP contribution is -2.47.